The van der Waals surface area contributed by atoms with Crippen LogP contribution in [-0.4, -0.2) is 25.3 Å². The fourth-order valence-corrected chi connectivity index (χ4v) is 3.18. The largest absolute Gasteiger partial charge is 0.497 e. The van der Waals surface area contributed by atoms with Gasteiger partial charge in [-0.05, 0) is 24.3 Å². The number of fused-ring (bicyclic) bond motifs is 1. The van der Waals surface area contributed by atoms with E-state index < -0.39 is 0 Å². The van der Waals surface area contributed by atoms with Crippen LogP contribution in [0.15, 0.2) is 28.0 Å². The first-order valence-corrected chi connectivity index (χ1v) is 7.02. The molecule has 0 saturated heterocycles. The maximum absolute atomic E-state index is 12.2. The number of nitrogens with zero attached hydrogens (tertiary/aromatic N) is 2. The van der Waals surface area contributed by atoms with E-state index in [-0.39, 0.29) is 5.56 Å². The summed E-state index contributed by atoms with van der Waals surface area (Å²) in [7, 11) is 3.22. The molecule has 2 aromatic rings. The zero-order valence-corrected chi connectivity index (χ0v) is 12.1. The Labute approximate surface area is 119 Å². The fourth-order valence-electron chi connectivity index (χ4n) is 2.16. The topological polar surface area (TPSA) is 52.8 Å². The molecule has 6 heteroatoms. The van der Waals surface area contributed by atoms with Crippen LogP contribution >= 0.6 is 11.3 Å². The average molecular weight is 290 g/mol. The van der Waals surface area contributed by atoms with Crippen LogP contribution in [0.1, 0.15) is 5.56 Å². The smallest absolute Gasteiger partial charge is 0.270 e. The molecule has 2 heterocycles. The molecular weight excluding hydrogens is 276 g/mol. The van der Waals surface area contributed by atoms with Gasteiger partial charge in [-0.2, -0.15) is 0 Å². The predicted octanol–water partition coefficient (Wildman–Crippen LogP) is 0.389. The second-order valence-corrected chi connectivity index (χ2v) is 5.35. The summed E-state index contributed by atoms with van der Waals surface area (Å²) in [6, 6.07) is 5.51. The minimum absolute atomic E-state index is 0.0103. The highest BCUT2D eigenvalue weighted by atomic mass is 32.1. The third-order valence-corrected chi connectivity index (χ3v) is 4.23. The van der Waals surface area contributed by atoms with E-state index in [9.17, 15) is 4.79 Å². The first-order chi connectivity index (χ1) is 9.72. The lowest BCUT2D eigenvalue weighted by molar-refractivity contribution is 0.402. The van der Waals surface area contributed by atoms with Gasteiger partial charge in [0.25, 0.3) is 5.56 Å². The standard InChI is InChI=1S/C14H14N2O3S/c1-18-10-3-4-11(19-2)9(7-10)8-12-13(17)16-6-5-15-14(16)20-12/h3-4,7-8H,5-6H2,1-2H3. The Morgan fingerprint density at radius 2 is 2.20 bits per heavy atom. The van der Waals surface area contributed by atoms with Gasteiger partial charge in [0.15, 0.2) is 4.80 Å². The van der Waals surface area contributed by atoms with Crippen molar-refractivity contribution in [2.45, 2.75) is 6.54 Å². The van der Waals surface area contributed by atoms with Crippen LogP contribution in [0.3, 0.4) is 0 Å². The molecule has 0 amide bonds. The lowest BCUT2D eigenvalue weighted by atomic mass is 10.2. The Balaban J connectivity index is 2.19. The van der Waals surface area contributed by atoms with Gasteiger partial charge in [0.2, 0.25) is 0 Å². The second kappa shape index (κ2) is 5.13. The molecule has 104 valence electrons. The molecule has 0 radical (unpaired) electrons. The van der Waals surface area contributed by atoms with E-state index in [1.165, 1.54) is 11.3 Å². The molecule has 1 aliphatic heterocycles. The van der Waals surface area contributed by atoms with E-state index in [1.54, 1.807) is 18.8 Å². The van der Waals surface area contributed by atoms with Gasteiger partial charge < -0.3 is 9.47 Å². The normalized spacial score (nSPS) is 14.0. The summed E-state index contributed by atoms with van der Waals surface area (Å²) < 4.78 is 12.9. The highest BCUT2D eigenvalue weighted by Crippen LogP contribution is 2.24. The van der Waals surface area contributed by atoms with Crippen molar-refractivity contribution in [1.82, 2.24) is 4.57 Å². The van der Waals surface area contributed by atoms with E-state index >= 15 is 0 Å². The number of aromatic nitrogens is 1. The summed E-state index contributed by atoms with van der Waals surface area (Å²) >= 11 is 1.41. The Morgan fingerprint density at radius 3 is 2.90 bits per heavy atom. The van der Waals surface area contributed by atoms with Gasteiger partial charge in [-0.15, -0.1) is 0 Å². The zero-order chi connectivity index (χ0) is 14.1. The highest BCUT2D eigenvalue weighted by Gasteiger charge is 2.10. The summed E-state index contributed by atoms with van der Waals surface area (Å²) in [6.07, 6.45) is 1.83. The van der Waals surface area contributed by atoms with Crippen molar-refractivity contribution in [3.63, 3.8) is 0 Å². The van der Waals surface area contributed by atoms with Crippen LogP contribution in [0.25, 0.3) is 6.08 Å². The summed E-state index contributed by atoms with van der Waals surface area (Å²) in [5.74, 6) is 1.44. The zero-order valence-electron chi connectivity index (χ0n) is 11.3. The molecule has 3 rings (SSSR count). The minimum Gasteiger partial charge on any atom is -0.497 e. The Kier molecular flexibility index (Phi) is 3.31. The van der Waals surface area contributed by atoms with Gasteiger partial charge in [-0.3, -0.25) is 14.4 Å². The second-order valence-electron chi connectivity index (χ2n) is 4.34. The molecule has 0 N–H and O–H groups in total. The van der Waals surface area contributed by atoms with E-state index in [0.29, 0.717) is 23.4 Å². The molecule has 0 atom stereocenters. The van der Waals surface area contributed by atoms with Gasteiger partial charge in [-0.25, -0.2) is 0 Å². The van der Waals surface area contributed by atoms with Crippen LogP contribution in [0.5, 0.6) is 11.5 Å². The molecule has 1 aromatic carbocycles. The molecule has 0 bridgehead atoms. The molecule has 0 saturated carbocycles. The van der Waals surface area contributed by atoms with E-state index in [2.05, 4.69) is 4.99 Å². The fraction of sp³-hybridized carbons (Fsp3) is 0.286. The van der Waals surface area contributed by atoms with Crippen molar-refractivity contribution in [2.24, 2.45) is 4.99 Å². The molecule has 5 nitrogen and oxygen atoms in total. The quantitative estimate of drug-likeness (QED) is 0.821. The summed E-state index contributed by atoms with van der Waals surface area (Å²) in [5, 5.41) is 0. The molecule has 0 fully saturated rings. The van der Waals surface area contributed by atoms with Crippen molar-refractivity contribution in [2.75, 3.05) is 20.8 Å². The molecule has 0 unspecified atom stereocenters. The Bertz CT molecular complexity index is 820. The third-order valence-electron chi connectivity index (χ3n) is 3.18. The van der Waals surface area contributed by atoms with Gasteiger partial charge in [0.1, 0.15) is 11.5 Å². The summed E-state index contributed by atoms with van der Waals surface area (Å²) in [5.41, 5.74) is 0.834. The Morgan fingerprint density at radius 1 is 1.35 bits per heavy atom. The monoisotopic (exact) mass is 290 g/mol. The van der Waals surface area contributed by atoms with Gasteiger partial charge in [0.05, 0.1) is 25.3 Å². The first-order valence-electron chi connectivity index (χ1n) is 6.21. The van der Waals surface area contributed by atoms with E-state index in [0.717, 1.165) is 16.1 Å². The SMILES string of the molecule is COc1ccc(OC)c(C=c2sc3n(c2=O)CCN=3)c1. The number of rotatable bonds is 3. The lowest BCUT2D eigenvalue weighted by Gasteiger charge is -2.06. The molecule has 20 heavy (non-hydrogen) atoms. The van der Waals surface area contributed by atoms with Crippen molar-refractivity contribution in [1.29, 1.82) is 0 Å². The maximum atomic E-state index is 12.2. The maximum Gasteiger partial charge on any atom is 0.270 e. The molecular formula is C14H14N2O3S. The van der Waals surface area contributed by atoms with E-state index in [4.69, 9.17) is 9.47 Å². The molecule has 0 aliphatic carbocycles. The predicted molar refractivity (Wildman–Crippen MR) is 77.3 cm³/mol. The van der Waals surface area contributed by atoms with Crippen LogP contribution in [-0.2, 0) is 6.54 Å². The summed E-state index contributed by atoms with van der Waals surface area (Å²) in [4.78, 5) is 17.3. The third kappa shape index (κ3) is 2.12. The van der Waals surface area contributed by atoms with Crippen molar-refractivity contribution in [3.05, 3.63) is 43.5 Å². The van der Waals surface area contributed by atoms with Crippen molar-refractivity contribution >= 4 is 17.4 Å². The number of hydrogen-bond acceptors (Lipinski definition) is 5. The average Bonchev–Trinajstić information content (AvgIpc) is 3.03. The molecule has 1 aromatic heterocycles. The summed E-state index contributed by atoms with van der Waals surface area (Å²) in [6.45, 7) is 1.37. The van der Waals surface area contributed by atoms with Gasteiger partial charge >= 0.3 is 0 Å². The van der Waals surface area contributed by atoms with Crippen LogP contribution < -0.4 is 24.4 Å². The molecule has 0 spiro atoms. The van der Waals surface area contributed by atoms with Gasteiger partial charge in [0, 0.05) is 12.1 Å². The number of benzene rings is 1. The van der Waals surface area contributed by atoms with Crippen molar-refractivity contribution in [3.8, 4) is 11.5 Å². The van der Waals surface area contributed by atoms with Crippen LogP contribution in [0.2, 0.25) is 0 Å². The van der Waals surface area contributed by atoms with Crippen molar-refractivity contribution < 1.29 is 9.47 Å². The Hall–Kier alpha value is -2.08. The number of methoxy groups -OCH3 is 2. The number of hydrogen-bond donors (Lipinski definition) is 0. The van der Waals surface area contributed by atoms with E-state index in [1.807, 2.05) is 24.3 Å². The molecule has 1 aliphatic rings. The minimum atomic E-state index is 0.0103. The van der Waals surface area contributed by atoms with Crippen LogP contribution in [0, 0.1) is 0 Å². The number of ether oxygens (including phenoxy) is 2. The number of thiazole rings is 1. The lowest BCUT2D eigenvalue weighted by Crippen LogP contribution is -2.29. The van der Waals surface area contributed by atoms with Crippen LogP contribution in [0.4, 0.5) is 0 Å². The van der Waals surface area contributed by atoms with Gasteiger partial charge in [-0.1, -0.05) is 11.3 Å². The first kappa shape index (κ1) is 12.9. The highest BCUT2D eigenvalue weighted by molar-refractivity contribution is 7.07.